The summed E-state index contributed by atoms with van der Waals surface area (Å²) in [5.74, 6) is -0.657. The molecule has 1 fully saturated rings. The van der Waals surface area contributed by atoms with Crippen LogP contribution in [0.5, 0.6) is 23.0 Å². The van der Waals surface area contributed by atoms with Gasteiger partial charge in [-0.05, 0) is 17.7 Å². The smallest absolute Gasteiger partial charge is 0.229 e. The van der Waals surface area contributed by atoms with Gasteiger partial charge in [-0.15, -0.1) is 0 Å². The van der Waals surface area contributed by atoms with Crippen LogP contribution in [-0.4, -0.2) is 73.7 Å². The summed E-state index contributed by atoms with van der Waals surface area (Å²) >= 11 is 0. The van der Waals surface area contributed by atoms with Crippen molar-refractivity contribution in [1.82, 2.24) is 0 Å². The number of carbonyl (C=O) groups excluding carboxylic acids is 1. The summed E-state index contributed by atoms with van der Waals surface area (Å²) in [5.41, 5.74) is 0.632. The van der Waals surface area contributed by atoms with Crippen molar-refractivity contribution in [2.45, 2.75) is 43.2 Å². The van der Waals surface area contributed by atoms with Crippen molar-refractivity contribution in [1.29, 1.82) is 0 Å². The van der Waals surface area contributed by atoms with E-state index in [4.69, 9.17) is 14.2 Å². The lowest BCUT2D eigenvalue weighted by atomic mass is 9.95. The van der Waals surface area contributed by atoms with Crippen LogP contribution in [0, 0.1) is 0 Å². The van der Waals surface area contributed by atoms with Gasteiger partial charge in [0.05, 0.1) is 13.0 Å². The third-order valence-electron chi connectivity index (χ3n) is 5.34. The van der Waals surface area contributed by atoms with Crippen LogP contribution >= 0.6 is 0 Å². The van der Waals surface area contributed by atoms with E-state index in [9.17, 15) is 35.4 Å². The molecule has 0 amide bonds. The first kappa shape index (κ1) is 21.3. The maximum atomic E-state index is 12.6. The van der Waals surface area contributed by atoms with Gasteiger partial charge >= 0.3 is 0 Å². The van der Waals surface area contributed by atoms with Crippen LogP contribution < -0.4 is 9.47 Å². The number of phenolic OH excluding ortho intramolecular Hbond substituents is 2. The number of fused-ring (bicyclic) bond motifs is 1. The maximum Gasteiger partial charge on any atom is 0.229 e. The number of ketones is 1. The fourth-order valence-electron chi connectivity index (χ4n) is 3.66. The van der Waals surface area contributed by atoms with E-state index in [0.717, 1.165) is 6.07 Å². The minimum absolute atomic E-state index is 0.0156. The van der Waals surface area contributed by atoms with Crippen LogP contribution in [0.15, 0.2) is 36.4 Å². The zero-order valence-corrected chi connectivity index (χ0v) is 16.2. The van der Waals surface area contributed by atoms with Gasteiger partial charge in [0.2, 0.25) is 6.29 Å². The SMILES string of the molecule is O=C1C[C@@H](c2ccc(O)cc2)Oc2cc(O[C@@H]3O[C@@H](CO)[C@@H](O)[C@@H](O)[C@H]3O)cc(O)c21. The highest BCUT2D eigenvalue weighted by atomic mass is 16.7. The molecule has 1 saturated heterocycles. The number of aliphatic hydroxyl groups is 4. The first-order valence-electron chi connectivity index (χ1n) is 9.61. The Morgan fingerprint density at radius 3 is 2.39 bits per heavy atom. The van der Waals surface area contributed by atoms with E-state index in [1.165, 1.54) is 18.2 Å². The molecule has 0 spiro atoms. The number of rotatable bonds is 4. The zero-order valence-electron chi connectivity index (χ0n) is 16.2. The lowest BCUT2D eigenvalue weighted by Crippen LogP contribution is -2.60. The van der Waals surface area contributed by atoms with Gasteiger partial charge in [-0.1, -0.05) is 12.1 Å². The van der Waals surface area contributed by atoms with Gasteiger partial charge in [0.1, 0.15) is 59.1 Å². The summed E-state index contributed by atoms with van der Waals surface area (Å²) in [4.78, 5) is 12.6. The molecule has 2 heterocycles. The van der Waals surface area contributed by atoms with Gasteiger partial charge in [-0.25, -0.2) is 0 Å². The number of aromatic hydroxyl groups is 2. The molecular weight excluding hydrogens is 412 g/mol. The highest BCUT2D eigenvalue weighted by Crippen LogP contribution is 2.42. The van der Waals surface area contributed by atoms with Crippen LogP contribution in [0.3, 0.4) is 0 Å². The molecule has 0 unspecified atom stereocenters. The van der Waals surface area contributed by atoms with Crippen LogP contribution in [0.2, 0.25) is 0 Å². The number of hydrogen-bond acceptors (Lipinski definition) is 10. The van der Waals surface area contributed by atoms with Gasteiger partial charge in [0.25, 0.3) is 0 Å². The molecular formula is C21H22O10. The molecule has 6 atom stereocenters. The number of benzene rings is 2. The summed E-state index contributed by atoms with van der Waals surface area (Å²) in [6.07, 6.45) is -8.09. The highest BCUT2D eigenvalue weighted by molar-refractivity contribution is 6.02. The molecule has 10 heteroatoms. The lowest BCUT2D eigenvalue weighted by molar-refractivity contribution is -0.277. The van der Waals surface area contributed by atoms with Crippen molar-refractivity contribution in [3.8, 4) is 23.0 Å². The van der Waals surface area contributed by atoms with E-state index in [2.05, 4.69) is 0 Å². The Hall–Kier alpha value is -2.89. The third-order valence-corrected chi connectivity index (χ3v) is 5.34. The van der Waals surface area contributed by atoms with E-state index in [-0.39, 0.29) is 35.0 Å². The quantitative estimate of drug-likeness (QED) is 0.385. The Bertz CT molecular complexity index is 957. The summed E-state index contributed by atoms with van der Waals surface area (Å²) in [6.45, 7) is -0.619. The van der Waals surface area contributed by atoms with E-state index >= 15 is 0 Å². The molecule has 4 rings (SSSR count). The molecule has 166 valence electrons. The van der Waals surface area contributed by atoms with Gasteiger partial charge < -0.3 is 44.8 Å². The zero-order chi connectivity index (χ0) is 22.3. The number of phenols is 2. The molecule has 0 aromatic heterocycles. The number of carbonyl (C=O) groups is 1. The Labute approximate surface area is 176 Å². The molecule has 2 aromatic carbocycles. The summed E-state index contributed by atoms with van der Waals surface area (Å²) in [6, 6.07) is 8.64. The molecule has 0 radical (unpaired) electrons. The Kier molecular flexibility index (Phi) is 5.73. The third kappa shape index (κ3) is 4.03. The molecule has 2 aliphatic heterocycles. The Balaban J connectivity index is 1.59. The van der Waals surface area contributed by atoms with Crippen molar-refractivity contribution >= 4 is 5.78 Å². The fraction of sp³-hybridized carbons (Fsp3) is 0.381. The lowest BCUT2D eigenvalue weighted by Gasteiger charge is -2.39. The Morgan fingerprint density at radius 1 is 1.00 bits per heavy atom. The van der Waals surface area contributed by atoms with Crippen molar-refractivity contribution in [3.05, 3.63) is 47.5 Å². The van der Waals surface area contributed by atoms with Gasteiger partial charge in [-0.2, -0.15) is 0 Å². The van der Waals surface area contributed by atoms with Crippen molar-refractivity contribution in [2.75, 3.05) is 6.61 Å². The molecule has 2 aromatic rings. The van der Waals surface area contributed by atoms with Crippen molar-refractivity contribution in [3.63, 3.8) is 0 Å². The monoisotopic (exact) mass is 434 g/mol. The molecule has 31 heavy (non-hydrogen) atoms. The van der Waals surface area contributed by atoms with Crippen molar-refractivity contribution < 1.29 is 49.6 Å². The fourth-order valence-corrected chi connectivity index (χ4v) is 3.66. The number of aliphatic hydroxyl groups excluding tert-OH is 4. The molecule has 6 N–H and O–H groups in total. The van der Waals surface area contributed by atoms with E-state index in [1.807, 2.05) is 0 Å². The number of hydrogen-bond donors (Lipinski definition) is 6. The maximum absolute atomic E-state index is 12.6. The number of ether oxygens (including phenoxy) is 3. The van der Waals surface area contributed by atoms with Gasteiger partial charge in [0, 0.05) is 12.1 Å². The second kappa shape index (κ2) is 8.33. The van der Waals surface area contributed by atoms with E-state index < -0.39 is 49.2 Å². The normalized spacial score (nSPS) is 30.4. The molecule has 0 bridgehead atoms. The van der Waals surface area contributed by atoms with E-state index in [0.29, 0.717) is 5.56 Å². The topological polar surface area (TPSA) is 166 Å². The van der Waals surface area contributed by atoms with Crippen LogP contribution in [-0.2, 0) is 4.74 Å². The molecule has 0 saturated carbocycles. The molecule has 10 nitrogen and oxygen atoms in total. The Morgan fingerprint density at radius 2 is 1.71 bits per heavy atom. The summed E-state index contributed by atoms with van der Waals surface area (Å²) in [5, 5.41) is 59.0. The highest BCUT2D eigenvalue weighted by Gasteiger charge is 2.45. The second-order valence-corrected chi connectivity index (χ2v) is 7.46. The van der Waals surface area contributed by atoms with Crippen molar-refractivity contribution in [2.24, 2.45) is 0 Å². The standard InChI is InChI=1S/C21H22O10/c22-8-16-18(26)19(27)20(28)21(31-16)29-11-5-12(24)17-13(25)7-14(30-15(17)6-11)9-1-3-10(23)4-2-9/h1-6,14,16,18-24,26-28H,7-8H2/t14-,16-,18+,19+,20+,21+/m0/s1. The number of Topliss-reactive ketones (excluding diaryl/α,β-unsaturated/α-hetero) is 1. The largest absolute Gasteiger partial charge is 0.508 e. The van der Waals surface area contributed by atoms with Gasteiger partial charge in [0.15, 0.2) is 5.78 Å². The summed E-state index contributed by atoms with van der Waals surface area (Å²) < 4.78 is 16.7. The summed E-state index contributed by atoms with van der Waals surface area (Å²) in [7, 11) is 0. The van der Waals surface area contributed by atoms with Gasteiger partial charge in [-0.3, -0.25) is 4.79 Å². The van der Waals surface area contributed by atoms with Crippen LogP contribution in [0.4, 0.5) is 0 Å². The minimum Gasteiger partial charge on any atom is -0.508 e. The average molecular weight is 434 g/mol. The predicted molar refractivity (Wildman–Crippen MR) is 103 cm³/mol. The predicted octanol–water partition coefficient (Wildman–Crippen LogP) is -0.0170. The first-order valence-corrected chi connectivity index (χ1v) is 9.61. The first-order chi connectivity index (χ1) is 14.8. The minimum atomic E-state index is -1.64. The van der Waals surface area contributed by atoms with Crippen LogP contribution in [0.25, 0.3) is 0 Å². The molecule has 2 aliphatic rings. The average Bonchev–Trinajstić information content (AvgIpc) is 2.74. The molecule has 0 aliphatic carbocycles. The van der Waals surface area contributed by atoms with E-state index in [1.54, 1.807) is 12.1 Å². The second-order valence-electron chi connectivity index (χ2n) is 7.46. The van der Waals surface area contributed by atoms with Crippen LogP contribution in [0.1, 0.15) is 28.4 Å².